The van der Waals surface area contributed by atoms with Crippen LogP contribution in [0.2, 0.25) is 0 Å². The van der Waals surface area contributed by atoms with Gasteiger partial charge in [0.1, 0.15) is 0 Å². The van der Waals surface area contributed by atoms with E-state index in [1.165, 1.54) is 0 Å². The first-order valence-corrected chi connectivity index (χ1v) is 10.8. The molecule has 2 fully saturated rings. The summed E-state index contributed by atoms with van der Waals surface area (Å²) < 4.78 is 5.48. The molecule has 6 nitrogen and oxygen atoms in total. The molecule has 2 aromatic rings. The summed E-state index contributed by atoms with van der Waals surface area (Å²) in [6, 6.07) is 8.53. The Morgan fingerprint density at radius 3 is 2.93 bits per heavy atom. The molecule has 2 aromatic heterocycles. The van der Waals surface area contributed by atoms with Crippen LogP contribution >= 0.6 is 0 Å². The lowest BCUT2D eigenvalue weighted by atomic mass is 9.69. The zero-order valence-electron chi connectivity index (χ0n) is 17.7. The summed E-state index contributed by atoms with van der Waals surface area (Å²) in [6.45, 7) is 7.65. The van der Waals surface area contributed by atoms with Gasteiger partial charge in [-0.3, -0.25) is 14.7 Å². The van der Waals surface area contributed by atoms with Gasteiger partial charge in [-0.05, 0) is 57.1 Å². The molecular formula is C23H32N4O2. The van der Waals surface area contributed by atoms with Gasteiger partial charge in [-0.15, -0.1) is 0 Å². The van der Waals surface area contributed by atoms with Crippen molar-refractivity contribution in [2.75, 3.05) is 0 Å². The Kier molecular flexibility index (Phi) is 5.72. The SMILES string of the molecule is Cc1cc(CN2[C@@H]3CC[C@H]2[C@@](CCC(C)C)(C(=O)NCc2ccccn2)C3)on1. The summed E-state index contributed by atoms with van der Waals surface area (Å²) in [5.41, 5.74) is 1.49. The van der Waals surface area contributed by atoms with Crippen molar-refractivity contribution in [1.29, 1.82) is 0 Å². The van der Waals surface area contributed by atoms with E-state index in [1.54, 1.807) is 6.20 Å². The summed E-state index contributed by atoms with van der Waals surface area (Å²) in [6.07, 6.45) is 6.95. The van der Waals surface area contributed by atoms with Crippen molar-refractivity contribution in [3.05, 3.63) is 47.6 Å². The maximum atomic E-state index is 13.5. The molecule has 0 radical (unpaired) electrons. The maximum absolute atomic E-state index is 13.5. The second kappa shape index (κ2) is 8.27. The normalized spacial score (nSPS) is 26.3. The molecule has 0 aromatic carbocycles. The van der Waals surface area contributed by atoms with Crippen LogP contribution in [0.1, 0.15) is 63.1 Å². The largest absolute Gasteiger partial charge is 0.360 e. The van der Waals surface area contributed by atoms with Crippen LogP contribution in [0, 0.1) is 18.3 Å². The van der Waals surface area contributed by atoms with Gasteiger partial charge in [-0.2, -0.15) is 0 Å². The van der Waals surface area contributed by atoms with Crippen molar-refractivity contribution in [1.82, 2.24) is 20.4 Å². The van der Waals surface area contributed by atoms with Gasteiger partial charge in [0.15, 0.2) is 5.76 Å². The number of hydrogen-bond acceptors (Lipinski definition) is 5. The predicted molar refractivity (Wildman–Crippen MR) is 111 cm³/mol. The lowest BCUT2D eigenvalue weighted by molar-refractivity contribution is -0.134. The molecule has 29 heavy (non-hydrogen) atoms. The smallest absolute Gasteiger partial charge is 0.228 e. The molecule has 6 heteroatoms. The van der Waals surface area contributed by atoms with Crippen LogP contribution in [0.25, 0.3) is 0 Å². The average Bonchev–Trinajstić information content (AvgIpc) is 3.39. The number of hydrogen-bond donors (Lipinski definition) is 1. The Bertz CT molecular complexity index is 834. The fourth-order valence-electron chi connectivity index (χ4n) is 5.24. The van der Waals surface area contributed by atoms with Gasteiger partial charge in [-0.25, -0.2) is 0 Å². The van der Waals surface area contributed by atoms with E-state index < -0.39 is 0 Å². The molecular weight excluding hydrogens is 364 g/mol. The van der Waals surface area contributed by atoms with Crippen molar-refractivity contribution in [3.8, 4) is 0 Å². The molecule has 1 N–H and O–H groups in total. The first kappa shape index (κ1) is 20.1. The number of carbonyl (C=O) groups excluding carboxylic acids is 1. The minimum atomic E-state index is -0.322. The third-order valence-corrected chi connectivity index (χ3v) is 6.67. The highest BCUT2D eigenvalue weighted by Crippen LogP contribution is 2.53. The first-order valence-electron chi connectivity index (χ1n) is 10.8. The number of pyridine rings is 1. The summed E-state index contributed by atoms with van der Waals surface area (Å²) in [5, 5.41) is 7.25. The Balaban J connectivity index is 1.52. The van der Waals surface area contributed by atoms with Crippen LogP contribution in [-0.2, 0) is 17.9 Å². The molecule has 2 bridgehead atoms. The van der Waals surface area contributed by atoms with Gasteiger partial charge in [0.2, 0.25) is 5.91 Å². The van der Waals surface area contributed by atoms with Gasteiger partial charge < -0.3 is 9.84 Å². The molecule has 0 unspecified atom stereocenters. The highest BCUT2D eigenvalue weighted by molar-refractivity contribution is 5.84. The zero-order valence-corrected chi connectivity index (χ0v) is 17.7. The third kappa shape index (κ3) is 4.08. The number of aryl methyl sites for hydroxylation is 1. The molecule has 4 rings (SSSR count). The van der Waals surface area contributed by atoms with Crippen molar-refractivity contribution < 1.29 is 9.32 Å². The van der Waals surface area contributed by atoms with Gasteiger partial charge in [0.25, 0.3) is 0 Å². The van der Waals surface area contributed by atoms with E-state index in [9.17, 15) is 4.79 Å². The second-order valence-corrected chi connectivity index (χ2v) is 9.15. The molecule has 2 aliphatic heterocycles. The predicted octanol–water partition coefficient (Wildman–Crippen LogP) is 3.85. The summed E-state index contributed by atoms with van der Waals surface area (Å²) in [7, 11) is 0. The standard InChI is InChI=1S/C23H32N4O2/c1-16(2)9-10-23(22(28)25-14-18-6-4-5-11-24-18)13-19-7-8-21(23)27(19)15-20-12-17(3)26-29-20/h4-6,11-12,16,19,21H,7-10,13-15H2,1-3H3,(H,25,28)/t19-,21+,23+/m1/s1. The zero-order chi connectivity index (χ0) is 20.4. The molecule has 2 aliphatic rings. The fourth-order valence-corrected chi connectivity index (χ4v) is 5.24. The Labute approximate surface area is 173 Å². The summed E-state index contributed by atoms with van der Waals surface area (Å²) in [5.74, 6) is 1.67. The minimum absolute atomic E-state index is 0.190. The first-order chi connectivity index (χ1) is 14.0. The van der Waals surface area contributed by atoms with Crippen molar-refractivity contribution in [3.63, 3.8) is 0 Å². The maximum Gasteiger partial charge on any atom is 0.228 e. The average molecular weight is 397 g/mol. The van der Waals surface area contributed by atoms with E-state index in [-0.39, 0.29) is 17.4 Å². The van der Waals surface area contributed by atoms with Crippen molar-refractivity contribution in [2.45, 2.75) is 78.0 Å². The van der Waals surface area contributed by atoms with Crippen LogP contribution in [0.5, 0.6) is 0 Å². The van der Waals surface area contributed by atoms with Gasteiger partial charge >= 0.3 is 0 Å². The molecule has 0 spiro atoms. The number of fused-ring (bicyclic) bond motifs is 2. The molecule has 1 amide bonds. The van der Waals surface area contributed by atoms with Gasteiger partial charge in [0.05, 0.1) is 29.9 Å². The monoisotopic (exact) mass is 396 g/mol. The van der Waals surface area contributed by atoms with E-state index in [0.717, 1.165) is 55.8 Å². The third-order valence-electron chi connectivity index (χ3n) is 6.67. The van der Waals surface area contributed by atoms with E-state index in [4.69, 9.17) is 4.52 Å². The molecule has 0 saturated carbocycles. The molecule has 156 valence electrons. The summed E-state index contributed by atoms with van der Waals surface area (Å²) in [4.78, 5) is 20.4. The number of aromatic nitrogens is 2. The van der Waals surface area contributed by atoms with E-state index in [1.807, 2.05) is 31.2 Å². The number of amides is 1. The number of rotatable bonds is 8. The lowest BCUT2D eigenvalue weighted by Gasteiger charge is -2.37. The Morgan fingerprint density at radius 2 is 2.24 bits per heavy atom. The van der Waals surface area contributed by atoms with Crippen LogP contribution in [-0.4, -0.2) is 33.0 Å². The van der Waals surface area contributed by atoms with Crippen LogP contribution in [0.3, 0.4) is 0 Å². The minimum Gasteiger partial charge on any atom is -0.360 e. The quantitative estimate of drug-likeness (QED) is 0.734. The number of carbonyl (C=O) groups is 1. The molecule has 0 aliphatic carbocycles. The topological polar surface area (TPSA) is 71.3 Å². The molecule has 2 saturated heterocycles. The number of nitrogens with one attached hydrogen (secondary N) is 1. The van der Waals surface area contributed by atoms with Gasteiger partial charge in [-0.1, -0.05) is 25.1 Å². The fraction of sp³-hybridized carbons (Fsp3) is 0.609. The van der Waals surface area contributed by atoms with Crippen molar-refractivity contribution >= 4 is 5.91 Å². The summed E-state index contributed by atoms with van der Waals surface area (Å²) >= 11 is 0. The van der Waals surface area contributed by atoms with Crippen LogP contribution in [0.15, 0.2) is 35.0 Å². The Morgan fingerprint density at radius 1 is 1.38 bits per heavy atom. The lowest BCUT2D eigenvalue weighted by Crippen LogP contribution is -2.49. The molecule has 4 heterocycles. The van der Waals surface area contributed by atoms with E-state index >= 15 is 0 Å². The Hall–Kier alpha value is -2.21. The van der Waals surface area contributed by atoms with Crippen LogP contribution < -0.4 is 5.32 Å². The van der Waals surface area contributed by atoms with E-state index in [2.05, 4.69) is 34.2 Å². The molecule has 3 atom stereocenters. The number of nitrogens with zero attached hydrogens (tertiary/aromatic N) is 3. The highest BCUT2D eigenvalue weighted by Gasteiger charge is 2.59. The van der Waals surface area contributed by atoms with Gasteiger partial charge in [0, 0.05) is 24.3 Å². The van der Waals surface area contributed by atoms with Crippen LogP contribution in [0.4, 0.5) is 0 Å². The highest BCUT2D eigenvalue weighted by atomic mass is 16.5. The van der Waals surface area contributed by atoms with E-state index in [0.29, 0.717) is 18.5 Å². The van der Waals surface area contributed by atoms with Crippen molar-refractivity contribution in [2.24, 2.45) is 11.3 Å². The second-order valence-electron chi connectivity index (χ2n) is 9.15.